The first-order valence-corrected chi connectivity index (χ1v) is 6.93. The molecule has 0 saturated heterocycles. The van der Waals surface area contributed by atoms with Crippen molar-refractivity contribution < 1.29 is 9.47 Å². The predicted molar refractivity (Wildman–Crippen MR) is 69.6 cm³/mol. The minimum Gasteiger partial charge on any atom is -0.379 e. The molecule has 0 amide bonds. The van der Waals surface area contributed by atoms with Gasteiger partial charge in [-0.1, -0.05) is 36.4 Å². The maximum absolute atomic E-state index is 5.80. The zero-order valence-electron chi connectivity index (χ0n) is 9.19. The molecule has 0 aromatic carbocycles. The van der Waals surface area contributed by atoms with Gasteiger partial charge < -0.3 is 9.47 Å². The monoisotopic (exact) mass is 334 g/mol. The van der Waals surface area contributed by atoms with Gasteiger partial charge >= 0.3 is 0 Å². The topological polar surface area (TPSA) is 18.5 Å². The third-order valence-corrected chi connectivity index (χ3v) is 3.87. The van der Waals surface area contributed by atoms with Gasteiger partial charge in [-0.25, -0.2) is 0 Å². The van der Waals surface area contributed by atoms with Crippen LogP contribution in [0, 0.1) is 5.92 Å². The first-order valence-electron chi connectivity index (χ1n) is 4.87. The van der Waals surface area contributed by atoms with Crippen LogP contribution in [0.5, 0.6) is 0 Å². The lowest BCUT2D eigenvalue weighted by atomic mass is 10.2. The second kappa shape index (κ2) is 8.13. The average Bonchev–Trinajstić information content (AvgIpc) is 2.16. The Balaban J connectivity index is 3.43. The van der Waals surface area contributed by atoms with Crippen molar-refractivity contribution in [2.45, 2.75) is 26.4 Å². The molecule has 0 aliphatic heterocycles. The maximum Gasteiger partial charge on any atom is 0.0879 e. The van der Waals surface area contributed by atoms with Crippen LogP contribution < -0.4 is 0 Å². The number of hydrogen-bond donors (Lipinski definition) is 0. The summed E-state index contributed by atoms with van der Waals surface area (Å²) >= 11 is 8.09. The van der Waals surface area contributed by atoms with Gasteiger partial charge in [0.15, 0.2) is 0 Å². The zero-order valence-corrected chi connectivity index (χ0v) is 12.1. The van der Waals surface area contributed by atoms with Crippen molar-refractivity contribution in [3.8, 4) is 0 Å². The van der Waals surface area contributed by atoms with Crippen molar-refractivity contribution in [1.29, 1.82) is 0 Å². The molecule has 0 heterocycles. The van der Waals surface area contributed by atoms with Gasteiger partial charge in [-0.3, -0.25) is 0 Å². The summed E-state index contributed by atoms with van der Waals surface area (Å²) < 4.78 is 12.0. The van der Waals surface area contributed by atoms with Crippen molar-refractivity contribution in [2.75, 3.05) is 30.1 Å². The Kier molecular flexibility index (Phi) is 8.68. The van der Waals surface area contributed by atoms with Crippen LogP contribution in [0.3, 0.4) is 0 Å². The highest BCUT2D eigenvalue weighted by atomic mass is 127. The molecule has 0 aliphatic rings. The molecule has 86 valence electrons. The van der Waals surface area contributed by atoms with E-state index in [0.717, 1.165) is 11.0 Å². The Morgan fingerprint density at radius 3 is 2.43 bits per heavy atom. The third kappa shape index (κ3) is 7.26. The van der Waals surface area contributed by atoms with E-state index in [0.29, 0.717) is 25.0 Å². The van der Waals surface area contributed by atoms with Crippen LogP contribution in [0.4, 0.5) is 0 Å². The van der Waals surface area contributed by atoms with E-state index in [1.165, 1.54) is 0 Å². The average molecular weight is 335 g/mol. The van der Waals surface area contributed by atoms with E-state index in [1.54, 1.807) is 0 Å². The standard InChI is InChI=1S/C10H20ClIO2/c1-9(2)6-13-4-5-14-10(3,7-11)8-12/h9H,4-8H2,1-3H3. The van der Waals surface area contributed by atoms with Crippen LogP contribution in [-0.2, 0) is 9.47 Å². The molecule has 0 aliphatic carbocycles. The molecule has 2 nitrogen and oxygen atoms in total. The largest absolute Gasteiger partial charge is 0.379 e. The predicted octanol–water partition coefficient (Wildman–Crippen LogP) is 3.11. The van der Waals surface area contributed by atoms with Gasteiger partial charge in [-0.15, -0.1) is 11.6 Å². The maximum atomic E-state index is 5.80. The molecule has 1 atom stereocenters. The molecule has 4 heteroatoms. The summed E-state index contributed by atoms with van der Waals surface area (Å²) in [7, 11) is 0. The van der Waals surface area contributed by atoms with E-state index in [-0.39, 0.29) is 5.60 Å². The molecule has 0 rings (SSSR count). The summed E-state index contributed by atoms with van der Waals surface area (Å²) in [5.74, 6) is 1.11. The highest BCUT2D eigenvalue weighted by Crippen LogP contribution is 2.15. The number of rotatable bonds is 8. The van der Waals surface area contributed by atoms with Crippen molar-refractivity contribution in [3.63, 3.8) is 0 Å². The Hall–Kier alpha value is 0.940. The van der Waals surface area contributed by atoms with Crippen molar-refractivity contribution in [3.05, 3.63) is 0 Å². The van der Waals surface area contributed by atoms with Gasteiger partial charge in [0, 0.05) is 11.0 Å². The minimum absolute atomic E-state index is 0.205. The number of halogens is 2. The molecule has 14 heavy (non-hydrogen) atoms. The molecule has 0 aromatic heterocycles. The van der Waals surface area contributed by atoms with Gasteiger partial charge in [-0.2, -0.15) is 0 Å². The second-order valence-corrected chi connectivity index (χ2v) is 5.06. The van der Waals surface area contributed by atoms with Crippen LogP contribution in [0.1, 0.15) is 20.8 Å². The van der Waals surface area contributed by atoms with Crippen LogP contribution in [0.25, 0.3) is 0 Å². The van der Waals surface area contributed by atoms with Crippen molar-refractivity contribution in [2.24, 2.45) is 5.92 Å². The Bertz CT molecular complexity index is 138. The lowest BCUT2D eigenvalue weighted by Gasteiger charge is -2.25. The molecule has 1 unspecified atom stereocenters. The summed E-state index contributed by atoms with van der Waals surface area (Å²) in [6, 6.07) is 0. The van der Waals surface area contributed by atoms with Crippen molar-refractivity contribution >= 4 is 34.2 Å². The highest BCUT2D eigenvalue weighted by molar-refractivity contribution is 14.1. The lowest BCUT2D eigenvalue weighted by Crippen LogP contribution is -2.34. The molecule has 0 fully saturated rings. The number of ether oxygens (including phenoxy) is 2. The van der Waals surface area contributed by atoms with Crippen LogP contribution in [-0.4, -0.2) is 35.7 Å². The van der Waals surface area contributed by atoms with E-state index < -0.39 is 0 Å². The first kappa shape index (κ1) is 14.9. The fourth-order valence-corrected chi connectivity index (χ4v) is 1.76. The van der Waals surface area contributed by atoms with Crippen LogP contribution in [0.15, 0.2) is 0 Å². The van der Waals surface area contributed by atoms with E-state index in [4.69, 9.17) is 21.1 Å². The summed E-state index contributed by atoms with van der Waals surface area (Å²) in [5.41, 5.74) is -0.205. The smallest absolute Gasteiger partial charge is 0.0879 e. The third-order valence-electron chi connectivity index (χ3n) is 1.69. The van der Waals surface area contributed by atoms with E-state index in [2.05, 4.69) is 36.4 Å². The normalized spacial score (nSPS) is 15.9. The van der Waals surface area contributed by atoms with E-state index in [9.17, 15) is 0 Å². The summed E-state index contributed by atoms with van der Waals surface area (Å²) in [6.07, 6.45) is 0. The number of alkyl halides is 2. The van der Waals surface area contributed by atoms with Gasteiger partial charge in [-0.05, 0) is 12.8 Å². The van der Waals surface area contributed by atoms with E-state index in [1.807, 2.05) is 6.92 Å². The van der Waals surface area contributed by atoms with Gasteiger partial charge in [0.1, 0.15) is 0 Å². The lowest BCUT2D eigenvalue weighted by molar-refractivity contribution is -0.0318. The van der Waals surface area contributed by atoms with E-state index >= 15 is 0 Å². The summed E-state index contributed by atoms with van der Waals surface area (Å²) in [5, 5.41) is 0. The Morgan fingerprint density at radius 2 is 2.00 bits per heavy atom. The number of hydrogen-bond acceptors (Lipinski definition) is 2. The Labute approximate surface area is 106 Å². The molecule has 0 spiro atoms. The quantitative estimate of drug-likeness (QED) is 0.386. The molecular weight excluding hydrogens is 314 g/mol. The highest BCUT2D eigenvalue weighted by Gasteiger charge is 2.21. The van der Waals surface area contributed by atoms with Crippen LogP contribution >= 0.6 is 34.2 Å². The SMILES string of the molecule is CC(C)COCCOC(C)(CCl)CI. The summed E-state index contributed by atoms with van der Waals surface area (Å²) in [6.45, 7) is 8.36. The fraction of sp³-hybridized carbons (Fsp3) is 1.00. The molecule has 0 radical (unpaired) electrons. The molecule has 0 saturated carbocycles. The Morgan fingerprint density at radius 1 is 1.36 bits per heavy atom. The fourth-order valence-electron chi connectivity index (χ4n) is 0.779. The molecule has 0 N–H and O–H groups in total. The van der Waals surface area contributed by atoms with Crippen molar-refractivity contribution in [1.82, 2.24) is 0 Å². The van der Waals surface area contributed by atoms with Gasteiger partial charge in [0.2, 0.25) is 0 Å². The first-order chi connectivity index (χ1) is 6.54. The molecule has 0 aromatic rings. The molecular formula is C10H20ClIO2. The molecule has 0 bridgehead atoms. The summed E-state index contributed by atoms with van der Waals surface area (Å²) in [4.78, 5) is 0. The van der Waals surface area contributed by atoms with Gasteiger partial charge in [0.05, 0.1) is 24.7 Å². The minimum atomic E-state index is -0.205. The zero-order chi connectivity index (χ0) is 11.0. The van der Waals surface area contributed by atoms with Crippen LogP contribution in [0.2, 0.25) is 0 Å². The second-order valence-electron chi connectivity index (χ2n) is 4.03. The van der Waals surface area contributed by atoms with Gasteiger partial charge in [0.25, 0.3) is 0 Å².